The molecule has 0 aromatic heterocycles. The molecule has 0 spiro atoms. The normalized spacial score (nSPS) is 16.9. The maximum absolute atomic E-state index is 11.9. The van der Waals surface area contributed by atoms with Gasteiger partial charge in [-0.2, -0.15) is 0 Å². The number of hydrogen-bond acceptors (Lipinski definition) is 3. The van der Waals surface area contributed by atoms with Crippen LogP contribution in [0.1, 0.15) is 32.3 Å². The monoisotopic (exact) mass is 318 g/mol. The second-order valence-electron chi connectivity index (χ2n) is 6.96. The van der Waals surface area contributed by atoms with Gasteiger partial charge in [-0.05, 0) is 29.5 Å². The number of allylic oxidation sites excluding steroid dienone is 2. The number of carbonyl (C=O) groups is 1. The molecule has 0 fully saturated rings. The summed E-state index contributed by atoms with van der Waals surface area (Å²) < 4.78 is 0. The Morgan fingerprint density at radius 2 is 1.71 bits per heavy atom. The number of anilines is 1. The highest BCUT2D eigenvalue weighted by Gasteiger charge is 2.27. The molecule has 0 unspecified atom stereocenters. The maximum Gasteiger partial charge on any atom is 0.157 e. The highest BCUT2D eigenvalue weighted by atomic mass is 16.1. The van der Waals surface area contributed by atoms with Crippen molar-refractivity contribution in [1.29, 1.82) is 0 Å². The zero-order valence-electron chi connectivity index (χ0n) is 14.1. The lowest BCUT2D eigenvalue weighted by molar-refractivity contribution is -0.117. The predicted molar refractivity (Wildman–Crippen MR) is 99.9 cm³/mol. The van der Waals surface area contributed by atoms with Crippen molar-refractivity contribution in [2.24, 2.45) is 10.4 Å². The van der Waals surface area contributed by atoms with E-state index in [1.807, 2.05) is 60.8 Å². The van der Waals surface area contributed by atoms with Crippen LogP contribution in [0.2, 0.25) is 0 Å². The topological polar surface area (TPSA) is 41.5 Å². The van der Waals surface area contributed by atoms with Crippen LogP contribution in [0.25, 0.3) is 0 Å². The van der Waals surface area contributed by atoms with Gasteiger partial charge >= 0.3 is 0 Å². The minimum absolute atomic E-state index is 0.00355. The second-order valence-corrected chi connectivity index (χ2v) is 6.96. The third-order valence-corrected chi connectivity index (χ3v) is 4.01. The molecule has 3 rings (SSSR count). The fraction of sp³-hybridized carbons (Fsp3) is 0.238. The van der Waals surface area contributed by atoms with Gasteiger partial charge in [0.2, 0.25) is 0 Å². The van der Waals surface area contributed by atoms with E-state index >= 15 is 0 Å². The van der Waals surface area contributed by atoms with Crippen molar-refractivity contribution in [2.45, 2.75) is 26.7 Å². The molecule has 0 saturated carbocycles. The van der Waals surface area contributed by atoms with Crippen molar-refractivity contribution in [1.82, 2.24) is 0 Å². The molecular weight excluding hydrogens is 296 g/mol. The molecule has 1 aliphatic rings. The number of nitrogens with one attached hydrogen (secondary N) is 1. The van der Waals surface area contributed by atoms with E-state index in [1.165, 1.54) is 0 Å². The smallest absolute Gasteiger partial charge is 0.157 e. The summed E-state index contributed by atoms with van der Waals surface area (Å²) in [7, 11) is 0. The standard InChI is InChI=1S/C21H22N2O/c1-21(2)13-17(12-18(24)14-21)23-20-11-7-6-10-19(20)22-15-16-8-4-3-5-9-16/h3-12,15,23H,13-14H2,1-2H3. The van der Waals surface area contributed by atoms with Crippen molar-refractivity contribution in [3.05, 3.63) is 71.9 Å². The molecule has 24 heavy (non-hydrogen) atoms. The lowest BCUT2D eigenvalue weighted by Crippen LogP contribution is -2.24. The minimum Gasteiger partial charge on any atom is -0.357 e. The molecule has 3 heteroatoms. The van der Waals surface area contributed by atoms with Crippen LogP contribution in [0, 0.1) is 5.41 Å². The van der Waals surface area contributed by atoms with Crippen molar-refractivity contribution in [2.75, 3.05) is 5.32 Å². The summed E-state index contributed by atoms with van der Waals surface area (Å²) in [5.41, 5.74) is 3.79. The molecule has 0 radical (unpaired) electrons. The first-order valence-corrected chi connectivity index (χ1v) is 8.20. The molecule has 122 valence electrons. The number of rotatable bonds is 4. The summed E-state index contributed by atoms with van der Waals surface area (Å²) in [5, 5.41) is 3.40. The number of benzene rings is 2. The van der Waals surface area contributed by atoms with E-state index < -0.39 is 0 Å². The van der Waals surface area contributed by atoms with Gasteiger partial charge in [0.1, 0.15) is 0 Å². The second kappa shape index (κ2) is 6.83. The molecule has 0 saturated heterocycles. The zero-order chi connectivity index (χ0) is 17.0. The number of hydrogen-bond donors (Lipinski definition) is 1. The summed E-state index contributed by atoms with van der Waals surface area (Å²) in [6.07, 6.45) is 5.04. The molecule has 2 aromatic rings. The van der Waals surface area contributed by atoms with Gasteiger partial charge in [0.15, 0.2) is 5.78 Å². The van der Waals surface area contributed by atoms with Gasteiger partial charge in [-0.1, -0.05) is 56.3 Å². The Morgan fingerprint density at radius 1 is 1.00 bits per heavy atom. The van der Waals surface area contributed by atoms with Crippen molar-refractivity contribution in [3.8, 4) is 0 Å². The highest BCUT2D eigenvalue weighted by Crippen LogP contribution is 2.35. The van der Waals surface area contributed by atoms with E-state index in [9.17, 15) is 4.79 Å². The Kier molecular flexibility index (Phi) is 4.61. The van der Waals surface area contributed by atoms with Gasteiger partial charge < -0.3 is 5.32 Å². The van der Waals surface area contributed by atoms with E-state index in [0.717, 1.165) is 29.1 Å². The molecule has 0 aliphatic heterocycles. The molecule has 0 amide bonds. The van der Waals surface area contributed by atoms with Crippen LogP contribution >= 0.6 is 0 Å². The van der Waals surface area contributed by atoms with Crippen LogP contribution in [0.5, 0.6) is 0 Å². The van der Waals surface area contributed by atoms with E-state index in [1.54, 1.807) is 6.08 Å². The van der Waals surface area contributed by atoms with E-state index in [4.69, 9.17) is 0 Å². The number of carbonyl (C=O) groups excluding carboxylic acids is 1. The van der Waals surface area contributed by atoms with Crippen LogP contribution < -0.4 is 5.32 Å². The predicted octanol–water partition coefficient (Wildman–Crippen LogP) is 5.12. The van der Waals surface area contributed by atoms with Gasteiger partial charge in [0.25, 0.3) is 0 Å². The van der Waals surface area contributed by atoms with Gasteiger partial charge in [-0.3, -0.25) is 9.79 Å². The van der Waals surface area contributed by atoms with Gasteiger partial charge in [0, 0.05) is 24.4 Å². The Morgan fingerprint density at radius 3 is 2.46 bits per heavy atom. The molecule has 0 atom stereocenters. The number of nitrogens with zero attached hydrogens (tertiary/aromatic N) is 1. The largest absolute Gasteiger partial charge is 0.357 e. The number of aliphatic imine (C=N–C) groups is 1. The molecule has 0 heterocycles. The van der Waals surface area contributed by atoms with Crippen molar-refractivity contribution >= 4 is 23.4 Å². The van der Waals surface area contributed by atoms with Gasteiger partial charge in [0.05, 0.1) is 11.4 Å². The Balaban J connectivity index is 1.82. The summed E-state index contributed by atoms with van der Waals surface area (Å²) in [5.74, 6) is 0.180. The Hall–Kier alpha value is -2.68. The molecule has 1 N–H and O–H groups in total. The molecule has 2 aromatic carbocycles. The van der Waals surface area contributed by atoms with Gasteiger partial charge in [-0.25, -0.2) is 0 Å². The molecule has 0 bridgehead atoms. The fourth-order valence-electron chi connectivity index (χ4n) is 2.97. The number of ketones is 1. The van der Waals surface area contributed by atoms with Gasteiger partial charge in [-0.15, -0.1) is 0 Å². The summed E-state index contributed by atoms with van der Waals surface area (Å²) in [6, 6.07) is 17.9. The molecule has 3 nitrogen and oxygen atoms in total. The zero-order valence-corrected chi connectivity index (χ0v) is 14.1. The fourth-order valence-corrected chi connectivity index (χ4v) is 2.97. The summed E-state index contributed by atoms with van der Waals surface area (Å²) in [6.45, 7) is 4.25. The first kappa shape index (κ1) is 16.2. The first-order valence-electron chi connectivity index (χ1n) is 8.20. The van der Waals surface area contributed by atoms with Crippen LogP contribution in [0.4, 0.5) is 11.4 Å². The average molecular weight is 318 g/mol. The Labute approximate surface area is 143 Å². The highest BCUT2D eigenvalue weighted by molar-refractivity contribution is 5.92. The van der Waals surface area contributed by atoms with E-state index in [2.05, 4.69) is 24.2 Å². The van der Waals surface area contributed by atoms with Crippen LogP contribution in [0.15, 0.2) is 71.4 Å². The average Bonchev–Trinajstić information content (AvgIpc) is 2.53. The summed E-state index contributed by atoms with van der Waals surface area (Å²) in [4.78, 5) is 16.5. The van der Waals surface area contributed by atoms with Crippen molar-refractivity contribution in [3.63, 3.8) is 0 Å². The van der Waals surface area contributed by atoms with Crippen molar-refractivity contribution < 1.29 is 4.79 Å². The quantitative estimate of drug-likeness (QED) is 0.795. The number of para-hydroxylation sites is 2. The third-order valence-electron chi connectivity index (χ3n) is 4.01. The lowest BCUT2D eigenvalue weighted by Gasteiger charge is -2.29. The summed E-state index contributed by atoms with van der Waals surface area (Å²) >= 11 is 0. The minimum atomic E-state index is -0.00355. The van der Waals surface area contributed by atoms with E-state index in [0.29, 0.717) is 6.42 Å². The Bertz CT molecular complexity index is 788. The van der Waals surface area contributed by atoms with Crippen LogP contribution in [-0.2, 0) is 4.79 Å². The van der Waals surface area contributed by atoms with Crippen LogP contribution in [-0.4, -0.2) is 12.0 Å². The maximum atomic E-state index is 11.9. The first-order chi connectivity index (χ1) is 11.5. The molecule has 1 aliphatic carbocycles. The SMILES string of the molecule is CC1(C)CC(=O)C=C(Nc2ccccc2N=Cc2ccccc2)C1. The van der Waals surface area contributed by atoms with E-state index in [-0.39, 0.29) is 11.2 Å². The van der Waals surface area contributed by atoms with Crippen LogP contribution in [0.3, 0.4) is 0 Å². The third kappa shape index (κ3) is 4.19. The lowest BCUT2D eigenvalue weighted by atomic mass is 9.79. The molecular formula is C21H22N2O.